The quantitative estimate of drug-likeness (QED) is 0.781. The van der Waals surface area contributed by atoms with Crippen molar-refractivity contribution >= 4 is 21.6 Å². The van der Waals surface area contributed by atoms with Crippen molar-refractivity contribution in [2.45, 2.75) is 32.2 Å². The van der Waals surface area contributed by atoms with Gasteiger partial charge < -0.3 is 0 Å². The van der Waals surface area contributed by atoms with Crippen LogP contribution < -0.4 is 0 Å². The summed E-state index contributed by atoms with van der Waals surface area (Å²) in [5.41, 5.74) is 0.754. The zero-order chi connectivity index (χ0) is 13.3. The lowest BCUT2D eigenvalue weighted by Crippen LogP contribution is -2.38. The molecule has 1 saturated heterocycles. The first kappa shape index (κ1) is 13.7. The maximum absolute atomic E-state index is 11.8. The van der Waals surface area contributed by atoms with Gasteiger partial charge in [0.15, 0.2) is 0 Å². The molecule has 0 amide bonds. The molecule has 0 bridgehead atoms. The zero-order valence-electron chi connectivity index (χ0n) is 10.4. The van der Waals surface area contributed by atoms with E-state index in [2.05, 4.69) is 9.97 Å². The molecular formula is C11H16ClN3O2S. The van der Waals surface area contributed by atoms with Gasteiger partial charge in [0.25, 0.3) is 0 Å². The molecule has 0 saturated carbocycles. The summed E-state index contributed by atoms with van der Waals surface area (Å²) in [5.74, 6) is 0.505. The van der Waals surface area contributed by atoms with Gasteiger partial charge in [-0.1, -0.05) is 18.0 Å². The molecular weight excluding hydrogens is 274 g/mol. The van der Waals surface area contributed by atoms with Crippen LogP contribution in [0.5, 0.6) is 0 Å². The first-order valence-corrected chi connectivity index (χ1v) is 8.08. The van der Waals surface area contributed by atoms with Gasteiger partial charge in [-0.3, -0.25) is 0 Å². The van der Waals surface area contributed by atoms with Crippen molar-refractivity contribution in [3.63, 3.8) is 0 Å². The highest BCUT2D eigenvalue weighted by Gasteiger charge is 2.32. The van der Waals surface area contributed by atoms with E-state index in [9.17, 15) is 8.42 Å². The van der Waals surface area contributed by atoms with Gasteiger partial charge in [0.1, 0.15) is 11.0 Å². The third-order valence-corrected chi connectivity index (χ3v) is 4.50. The van der Waals surface area contributed by atoms with Crippen LogP contribution in [0.3, 0.4) is 0 Å². The highest BCUT2D eigenvalue weighted by atomic mass is 35.5. The molecule has 7 heteroatoms. The van der Waals surface area contributed by atoms with Gasteiger partial charge in [-0.15, -0.1) is 0 Å². The van der Waals surface area contributed by atoms with Crippen LogP contribution >= 0.6 is 11.6 Å². The average Bonchev–Trinajstić information content (AvgIpc) is 2.26. The second kappa shape index (κ2) is 5.11. The van der Waals surface area contributed by atoms with E-state index in [-0.39, 0.29) is 6.04 Å². The second-order valence-electron chi connectivity index (χ2n) is 4.58. The van der Waals surface area contributed by atoms with Gasteiger partial charge >= 0.3 is 0 Å². The van der Waals surface area contributed by atoms with Gasteiger partial charge in [-0.25, -0.2) is 18.4 Å². The van der Waals surface area contributed by atoms with Crippen molar-refractivity contribution in [3.8, 4) is 0 Å². The van der Waals surface area contributed by atoms with E-state index >= 15 is 0 Å². The van der Waals surface area contributed by atoms with Gasteiger partial charge in [0.2, 0.25) is 10.0 Å². The summed E-state index contributed by atoms with van der Waals surface area (Å²) in [6.45, 7) is 2.35. The number of halogens is 1. The highest BCUT2D eigenvalue weighted by Crippen LogP contribution is 2.31. The molecule has 1 atom stereocenters. The Hall–Kier alpha value is -0.720. The topological polar surface area (TPSA) is 63.2 Å². The Morgan fingerprint density at radius 3 is 2.72 bits per heavy atom. The zero-order valence-corrected chi connectivity index (χ0v) is 12.0. The lowest BCUT2D eigenvalue weighted by molar-refractivity contribution is 0.248. The molecule has 0 N–H and O–H groups in total. The number of aromatic nitrogens is 2. The van der Waals surface area contributed by atoms with E-state index in [1.54, 1.807) is 6.07 Å². The molecule has 0 spiro atoms. The monoisotopic (exact) mass is 289 g/mol. The maximum Gasteiger partial charge on any atom is 0.211 e. The molecule has 1 fully saturated rings. The molecule has 100 valence electrons. The molecule has 1 aliphatic heterocycles. The third kappa shape index (κ3) is 2.99. The number of nitrogens with zero attached hydrogens (tertiary/aromatic N) is 3. The molecule has 2 rings (SSSR count). The van der Waals surface area contributed by atoms with Crippen molar-refractivity contribution in [1.29, 1.82) is 0 Å². The first-order valence-electron chi connectivity index (χ1n) is 5.86. The summed E-state index contributed by atoms with van der Waals surface area (Å²) in [4.78, 5) is 8.49. The molecule has 1 aliphatic rings. The van der Waals surface area contributed by atoms with Crippen molar-refractivity contribution in [2.75, 3.05) is 12.8 Å². The van der Waals surface area contributed by atoms with E-state index in [0.29, 0.717) is 17.5 Å². The molecule has 0 radical (unpaired) electrons. The predicted octanol–water partition coefficient (Wildman–Crippen LogP) is 1.93. The fraction of sp³-hybridized carbons (Fsp3) is 0.636. The van der Waals surface area contributed by atoms with Crippen LogP contribution in [0.4, 0.5) is 0 Å². The minimum atomic E-state index is -3.24. The van der Waals surface area contributed by atoms with Gasteiger partial charge in [0.05, 0.1) is 12.3 Å². The Bertz CT molecular complexity index is 527. The Morgan fingerprint density at radius 1 is 1.39 bits per heavy atom. The Balaban J connectivity index is 2.40. The minimum absolute atomic E-state index is 0.286. The molecule has 18 heavy (non-hydrogen) atoms. The molecule has 1 aromatic heterocycles. The standard InChI is InChI=1S/C11H16ClN3O2S/c1-8-7-10(12)14-11(13-8)9-5-3-4-6-15(9)18(2,16)17/h7,9H,3-6H2,1-2H3/t9-/m0/s1. The Morgan fingerprint density at radius 2 is 2.11 bits per heavy atom. The summed E-state index contributed by atoms with van der Waals surface area (Å²) < 4.78 is 25.0. The number of sulfonamides is 1. The van der Waals surface area contributed by atoms with Crippen LogP contribution in [-0.2, 0) is 10.0 Å². The summed E-state index contributed by atoms with van der Waals surface area (Å²) in [6.07, 6.45) is 3.82. The van der Waals surface area contributed by atoms with Crippen LogP contribution in [0.15, 0.2) is 6.07 Å². The summed E-state index contributed by atoms with van der Waals surface area (Å²) >= 11 is 5.91. The smallest absolute Gasteiger partial charge is 0.211 e. The number of hydrogen-bond donors (Lipinski definition) is 0. The average molecular weight is 290 g/mol. The third-order valence-electron chi connectivity index (χ3n) is 3.02. The van der Waals surface area contributed by atoms with Crippen molar-refractivity contribution in [2.24, 2.45) is 0 Å². The maximum atomic E-state index is 11.8. The lowest BCUT2D eigenvalue weighted by Gasteiger charge is -2.32. The van der Waals surface area contributed by atoms with Crippen molar-refractivity contribution < 1.29 is 8.42 Å². The van der Waals surface area contributed by atoms with Crippen LogP contribution in [0, 0.1) is 6.92 Å². The van der Waals surface area contributed by atoms with E-state index < -0.39 is 10.0 Å². The second-order valence-corrected chi connectivity index (χ2v) is 6.90. The van der Waals surface area contributed by atoms with Crippen molar-refractivity contribution in [3.05, 3.63) is 22.7 Å². The number of rotatable bonds is 2. The summed E-state index contributed by atoms with van der Waals surface area (Å²) in [5, 5.41) is 0.358. The van der Waals surface area contributed by atoms with E-state index in [4.69, 9.17) is 11.6 Å². The molecule has 0 unspecified atom stereocenters. The highest BCUT2D eigenvalue weighted by molar-refractivity contribution is 7.88. The molecule has 5 nitrogen and oxygen atoms in total. The fourth-order valence-electron chi connectivity index (χ4n) is 2.26. The first-order chi connectivity index (χ1) is 8.38. The largest absolute Gasteiger partial charge is 0.236 e. The van der Waals surface area contributed by atoms with Crippen LogP contribution in [-0.4, -0.2) is 35.5 Å². The Labute approximate surface area is 112 Å². The number of aryl methyl sites for hydroxylation is 1. The summed E-state index contributed by atoms with van der Waals surface area (Å²) in [7, 11) is -3.24. The predicted molar refractivity (Wildman–Crippen MR) is 69.9 cm³/mol. The Kier molecular flexibility index (Phi) is 3.89. The van der Waals surface area contributed by atoms with E-state index in [1.165, 1.54) is 10.6 Å². The number of hydrogen-bond acceptors (Lipinski definition) is 4. The minimum Gasteiger partial charge on any atom is -0.236 e. The van der Waals surface area contributed by atoms with Gasteiger partial charge in [0, 0.05) is 12.2 Å². The van der Waals surface area contributed by atoms with Crippen LogP contribution in [0.25, 0.3) is 0 Å². The normalized spacial score (nSPS) is 22.1. The van der Waals surface area contributed by atoms with Crippen LogP contribution in [0.1, 0.15) is 36.8 Å². The van der Waals surface area contributed by atoms with Crippen LogP contribution in [0.2, 0.25) is 5.15 Å². The van der Waals surface area contributed by atoms with E-state index in [0.717, 1.165) is 25.0 Å². The molecule has 1 aromatic rings. The van der Waals surface area contributed by atoms with Crippen molar-refractivity contribution in [1.82, 2.24) is 14.3 Å². The lowest BCUT2D eigenvalue weighted by atomic mass is 10.0. The molecule has 2 heterocycles. The van der Waals surface area contributed by atoms with E-state index in [1.807, 2.05) is 6.92 Å². The molecule has 0 aromatic carbocycles. The summed E-state index contributed by atoms with van der Waals surface area (Å²) in [6, 6.07) is 1.38. The molecule has 0 aliphatic carbocycles. The SMILES string of the molecule is Cc1cc(Cl)nc([C@@H]2CCCCN2S(C)(=O)=O)n1. The van der Waals surface area contributed by atoms with Gasteiger partial charge in [-0.2, -0.15) is 4.31 Å². The number of piperidine rings is 1. The van der Waals surface area contributed by atoms with Gasteiger partial charge in [-0.05, 0) is 25.8 Å². The fourth-order valence-corrected chi connectivity index (χ4v) is 3.63.